The first-order valence-electron chi connectivity index (χ1n) is 8.81. The van der Waals surface area contributed by atoms with Gasteiger partial charge in [0, 0.05) is 18.0 Å². The first-order valence-corrected chi connectivity index (χ1v) is 8.81. The fourth-order valence-electron chi connectivity index (χ4n) is 2.69. The van der Waals surface area contributed by atoms with Gasteiger partial charge in [-0.25, -0.2) is 4.68 Å². The van der Waals surface area contributed by atoms with E-state index in [4.69, 9.17) is 4.74 Å². The monoisotopic (exact) mass is 340 g/mol. The molecule has 1 fully saturated rings. The van der Waals surface area contributed by atoms with Gasteiger partial charge in [-0.1, -0.05) is 18.2 Å². The molecule has 0 aliphatic heterocycles. The Morgan fingerprint density at radius 1 is 1.32 bits per heavy atom. The molecule has 1 N–H and O–H groups in total. The van der Waals surface area contributed by atoms with E-state index in [1.165, 1.54) is 0 Å². The van der Waals surface area contributed by atoms with Crippen LogP contribution in [0.4, 0.5) is 5.95 Å². The molecule has 2 aromatic rings. The van der Waals surface area contributed by atoms with E-state index < -0.39 is 0 Å². The van der Waals surface area contributed by atoms with Crippen LogP contribution in [0.15, 0.2) is 30.3 Å². The standard InChI is InChI=1S/C19H24N4O2/c1-4-16(13-9-11-15(12-10-13)25-6-3)17-20-19(22-23(17)5-2)21-18(24)14-7-8-14/h4,9-12,14H,5-8H2,1-3H3,(H,21,22,24). The van der Waals surface area contributed by atoms with Crippen molar-refractivity contribution in [2.75, 3.05) is 11.9 Å². The molecule has 6 heteroatoms. The molecule has 132 valence electrons. The van der Waals surface area contributed by atoms with Crippen molar-refractivity contribution in [3.63, 3.8) is 0 Å². The third-order valence-electron chi connectivity index (χ3n) is 4.16. The first-order chi connectivity index (χ1) is 12.2. The van der Waals surface area contributed by atoms with Crippen LogP contribution in [0.1, 0.15) is 45.0 Å². The van der Waals surface area contributed by atoms with Crippen LogP contribution in [0.2, 0.25) is 0 Å². The van der Waals surface area contributed by atoms with Gasteiger partial charge >= 0.3 is 0 Å². The molecule has 0 unspecified atom stereocenters. The molecule has 6 nitrogen and oxygen atoms in total. The average Bonchev–Trinajstić information content (AvgIpc) is 3.40. The number of rotatable bonds is 7. The maximum absolute atomic E-state index is 12.0. The van der Waals surface area contributed by atoms with Crippen molar-refractivity contribution in [1.82, 2.24) is 14.8 Å². The van der Waals surface area contributed by atoms with Gasteiger partial charge in [0.1, 0.15) is 5.75 Å². The number of hydrogen-bond acceptors (Lipinski definition) is 4. The summed E-state index contributed by atoms with van der Waals surface area (Å²) in [6.07, 6.45) is 3.93. The minimum atomic E-state index is 0.0166. The van der Waals surface area contributed by atoms with Gasteiger partial charge in [-0.2, -0.15) is 4.98 Å². The van der Waals surface area contributed by atoms with Crippen LogP contribution in [-0.2, 0) is 11.3 Å². The van der Waals surface area contributed by atoms with Crippen molar-refractivity contribution >= 4 is 17.4 Å². The molecular weight excluding hydrogens is 316 g/mol. The number of allylic oxidation sites excluding steroid dienone is 1. The molecule has 0 bridgehead atoms. The summed E-state index contributed by atoms with van der Waals surface area (Å²) in [6, 6.07) is 7.92. The molecule has 0 spiro atoms. The number of amides is 1. The van der Waals surface area contributed by atoms with Gasteiger partial charge in [-0.05, 0) is 51.3 Å². The Balaban J connectivity index is 1.86. The van der Waals surface area contributed by atoms with Crippen molar-refractivity contribution < 1.29 is 9.53 Å². The van der Waals surface area contributed by atoms with Crippen LogP contribution in [0.5, 0.6) is 5.75 Å². The summed E-state index contributed by atoms with van der Waals surface area (Å²) < 4.78 is 7.31. The predicted octanol–water partition coefficient (Wildman–Crippen LogP) is 3.50. The molecule has 1 aromatic carbocycles. The Labute approximate surface area is 147 Å². The van der Waals surface area contributed by atoms with Crippen LogP contribution >= 0.6 is 0 Å². The Kier molecular flexibility index (Phi) is 5.16. The number of aryl methyl sites for hydroxylation is 1. The largest absolute Gasteiger partial charge is 0.494 e. The normalized spacial score (nSPS) is 14.4. The molecular formula is C19H24N4O2. The fourth-order valence-corrected chi connectivity index (χ4v) is 2.69. The number of nitrogens with zero attached hydrogens (tertiary/aromatic N) is 3. The lowest BCUT2D eigenvalue weighted by Crippen LogP contribution is -2.14. The van der Waals surface area contributed by atoms with Crippen LogP contribution in [-0.4, -0.2) is 27.3 Å². The molecule has 1 aliphatic carbocycles. The summed E-state index contributed by atoms with van der Waals surface area (Å²) in [5, 5.41) is 7.25. The number of carbonyl (C=O) groups excluding carboxylic acids is 1. The van der Waals surface area contributed by atoms with Crippen molar-refractivity contribution in [2.24, 2.45) is 5.92 Å². The van der Waals surface area contributed by atoms with E-state index in [9.17, 15) is 4.79 Å². The van der Waals surface area contributed by atoms with E-state index in [0.29, 0.717) is 19.1 Å². The molecule has 1 aromatic heterocycles. The summed E-state index contributed by atoms with van der Waals surface area (Å²) in [6.45, 7) is 7.27. The minimum absolute atomic E-state index is 0.0166. The van der Waals surface area contributed by atoms with Gasteiger partial charge in [-0.3, -0.25) is 10.1 Å². The number of ether oxygens (including phenoxy) is 1. The van der Waals surface area contributed by atoms with Gasteiger partial charge in [0.25, 0.3) is 0 Å². The molecule has 3 rings (SSSR count). The van der Waals surface area contributed by atoms with Gasteiger partial charge in [0.15, 0.2) is 5.82 Å². The van der Waals surface area contributed by atoms with Crippen molar-refractivity contribution in [1.29, 1.82) is 0 Å². The van der Waals surface area contributed by atoms with Crippen molar-refractivity contribution in [3.05, 3.63) is 41.7 Å². The van der Waals surface area contributed by atoms with Gasteiger partial charge in [0.2, 0.25) is 11.9 Å². The zero-order valence-electron chi connectivity index (χ0n) is 15.0. The molecule has 1 amide bonds. The number of anilines is 1. The maximum Gasteiger partial charge on any atom is 0.249 e. The number of aromatic nitrogens is 3. The van der Waals surface area contributed by atoms with Crippen LogP contribution in [0, 0.1) is 5.92 Å². The van der Waals surface area contributed by atoms with Crippen LogP contribution in [0.3, 0.4) is 0 Å². The Bertz CT molecular complexity index is 773. The summed E-state index contributed by atoms with van der Waals surface area (Å²) in [5.41, 5.74) is 2.01. The Morgan fingerprint density at radius 2 is 2.04 bits per heavy atom. The number of benzene rings is 1. The van der Waals surface area contributed by atoms with E-state index in [2.05, 4.69) is 15.4 Å². The number of nitrogens with one attached hydrogen (secondary N) is 1. The topological polar surface area (TPSA) is 69.0 Å². The van der Waals surface area contributed by atoms with E-state index >= 15 is 0 Å². The van der Waals surface area contributed by atoms with Crippen molar-refractivity contribution in [2.45, 2.75) is 40.2 Å². The molecule has 1 saturated carbocycles. The van der Waals surface area contributed by atoms with Gasteiger partial charge in [0.05, 0.1) is 6.61 Å². The van der Waals surface area contributed by atoms with Gasteiger partial charge < -0.3 is 4.74 Å². The summed E-state index contributed by atoms with van der Waals surface area (Å²) >= 11 is 0. The second-order valence-corrected chi connectivity index (χ2v) is 6.00. The first kappa shape index (κ1) is 17.2. The second-order valence-electron chi connectivity index (χ2n) is 6.00. The van der Waals surface area contributed by atoms with E-state index in [-0.39, 0.29) is 11.8 Å². The second kappa shape index (κ2) is 7.51. The zero-order chi connectivity index (χ0) is 17.8. The van der Waals surface area contributed by atoms with E-state index in [1.807, 2.05) is 55.8 Å². The molecule has 0 saturated heterocycles. The highest BCUT2D eigenvalue weighted by molar-refractivity contribution is 5.92. The van der Waals surface area contributed by atoms with Gasteiger partial charge in [-0.15, -0.1) is 5.10 Å². The number of carbonyl (C=O) groups is 1. The third-order valence-corrected chi connectivity index (χ3v) is 4.16. The van der Waals surface area contributed by atoms with E-state index in [0.717, 1.165) is 35.6 Å². The minimum Gasteiger partial charge on any atom is -0.494 e. The lowest BCUT2D eigenvalue weighted by atomic mass is 10.0. The highest BCUT2D eigenvalue weighted by Crippen LogP contribution is 2.30. The molecule has 0 atom stereocenters. The lowest BCUT2D eigenvalue weighted by molar-refractivity contribution is -0.117. The smallest absolute Gasteiger partial charge is 0.249 e. The molecule has 0 radical (unpaired) electrons. The quantitative estimate of drug-likeness (QED) is 0.837. The highest BCUT2D eigenvalue weighted by Gasteiger charge is 2.30. The average molecular weight is 340 g/mol. The Morgan fingerprint density at radius 3 is 2.60 bits per heavy atom. The SMILES string of the molecule is CC=C(c1ccc(OCC)cc1)c1nc(NC(=O)C2CC2)nn1CC. The Hall–Kier alpha value is -2.63. The molecule has 1 heterocycles. The third kappa shape index (κ3) is 3.90. The number of hydrogen-bond donors (Lipinski definition) is 1. The van der Waals surface area contributed by atoms with E-state index in [1.54, 1.807) is 0 Å². The summed E-state index contributed by atoms with van der Waals surface area (Å²) in [7, 11) is 0. The summed E-state index contributed by atoms with van der Waals surface area (Å²) in [5.74, 6) is 2.11. The van der Waals surface area contributed by atoms with Crippen molar-refractivity contribution in [3.8, 4) is 5.75 Å². The summed E-state index contributed by atoms with van der Waals surface area (Å²) in [4.78, 5) is 16.5. The van der Waals surface area contributed by atoms with Crippen LogP contribution < -0.4 is 10.1 Å². The molecule has 1 aliphatic rings. The zero-order valence-corrected chi connectivity index (χ0v) is 15.0. The lowest BCUT2D eigenvalue weighted by Gasteiger charge is -2.09. The predicted molar refractivity (Wildman–Crippen MR) is 97.4 cm³/mol. The molecule has 25 heavy (non-hydrogen) atoms. The van der Waals surface area contributed by atoms with Crippen LogP contribution in [0.25, 0.3) is 5.57 Å². The maximum atomic E-state index is 12.0. The highest BCUT2D eigenvalue weighted by atomic mass is 16.5. The fraction of sp³-hybridized carbons (Fsp3) is 0.421.